The van der Waals surface area contributed by atoms with Crippen LogP contribution in [0.25, 0.3) is 6.08 Å². The van der Waals surface area contributed by atoms with Gasteiger partial charge in [0.1, 0.15) is 6.61 Å². The van der Waals surface area contributed by atoms with Gasteiger partial charge in [-0.1, -0.05) is 54.6 Å². The number of carbonyl (C=O) groups excluding carboxylic acids is 1. The van der Waals surface area contributed by atoms with Gasteiger partial charge in [0.2, 0.25) is 0 Å². The molecule has 0 aromatic heterocycles. The lowest BCUT2D eigenvalue weighted by Gasteiger charge is -2.13. The maximum atomic E-state index is 12.4. The zero-order valence-corrected chi connectivity index (χ0v) is 17.9. The van der Waals surface area contributed by atoms with E-state index < -0.39 is 0 Å². The molecule has 0 bridgehead atoms. The molecule has 0 radical (unpaired) electrons. The Morgan fingerprint density at radius 2 is 1.68 bits per heavy atom. The first-order valence-electron chi connectivity index (χ1n) is 9.99. The van der Waals surface area contributed by atoms with E-state index in [0.29, 0.717) is 34.8 Å². The Morgan fingerprint density at radius 1 is 0.935 bits per heavy atom. The summed E-state index contributed by atoms with van der Waals surface area (Å²) >= 11 is 1.32. The predicted molar refractivity (Wildman–Crippen MR) is 126 cm³/mol. The summed E-state index contributed by atoms with van der Waals surface area (Å²) < 4.78 is 11.7. The molecular formula is C25H22N2O3S. The second-order valence-corrected chi connectivity index (χ2v) is 7.76. The number of hydrogen-bond donors (Lipinski definition) is 1. The standard InChI is InChI=1S/C25H22N2O3S/c1-2-29-22-15-19(13-14-21(22)30-17-18-9-5-3-6-10-18)16-23-24(28)27-25(31-23)26-20-11-7-4-8-12-20/h3-16H,2,17H2,1H3,(H,26,27,28)/b23-16-. The molecule has 1 amide bonds. The van der Waals surface area contributed by atoms with Gasteiger partial charge in [0.15, 0.2) is 16.7 Å². The van der Waals surface area contributed by atoms with E-state index >= 15 is 0 Å². The topological polar surface area (TPSA) is 59.9 Å². The molecule has 1 fully saturated rings. The number of ether oxygens (including phenoxy) is 2. The van der Waals surface area contributed by atoms with Crippen molar-refractivity contribution >= 4 is 34.6 Å². The van der Waals surface area contributed by atoms with Crippen molar-refractivity contribution in [3.05, 3.63) is 94.9 Å². The maximum absolute atomic E-state index is 12.4. The number of aliphatic imine (C=N–C) groups is 1. The zero-order valence-electron chi connectivity index (χ0n) is 17.1. The molecule has 1 N–H and O–H groups in total. The molecule has 3 aromatic carbocycles. The molecule has 156 valence electrons. The van der Waals surface area contributed by atoms with Gasteiger partial charge in [-0.25, -0.2) is 4.99 Å². The van der Waals surface area contributed by atoms with Crippen molar-refractivity contribution in [1.82, 2.24) is 5.32 Å². The van der Waals surface area contributed by atoms with Crippen molar-refractivity contribution in [2.45, 2.75) is 13.5 Å². The summed E-state index contributed by atoms with van der Waals surface area (Å²) in [6.07, 6.45) is 1.83. The number of para-hydroxylation sites is 1. The molecule has 4 rings (SSSR count). The lowest BCUT2D eigenvalue weighted by Crippen LogP contribution is -2.19. The SMILES string of the molecule is CCOc1cc(/C=C2\SC(=Nc3ccccc3)NC2=O)ccc1OCc1ccccc1. The van der Waals surface area contributed by atoms with Crippen LogP contribution in [0.4, 0.5) is 5.69 Å². The number of amides is 1. The third-order valence-electron chi connectivity index (χ3n) is 4.44. The van der Waals surface area contributed by atoms with E-state index in [9.17, 15) is 4.79 Å². The fourth-order valence-electron chi connectivity index (χ4n) is 2.99. The number of nitrogens with zero attached hydrogens (tertiary/aromatic N) is 1. The minimum Gasteiger partial charge on any atom is -0.490 e. The van der Waals surface area contributed by atoms with Crippen LogP contribution in [0.5, 0.6) is 11.5 Å². The van der Waals surface area contributed by atoms with Crippen molar-refractivity contribution in [1.29, 1.82) is 0 Å². The van der Waals surface area contributed by atoms with E-state index in [1.165, 1.54) is 11.8 Å². The molecule has 1 saturated heterocycles. The van der Waals surface area contributed by atoms with E-state index in [-0.39, 0.29) is 5.91 Å². The molecule has 0 aliphatic carbocycles. The Balaban J connectivity index is 1.51. The lowest BCUT2D eigenvalue weighted by molar-refractivity contribution is -0.115. The summed E-state index contributed by atoms with van der Waals surface area (Å²) in [6.45, 7) is 2.91. The summed E-state index contributed by atoms with van der Waals surface area (Å²) in [5.41, 5.74) is 2.74. The second kappa shape index (κ2) is 10.00. The fourth-order valence-corrected chi connectivity index (χ4v) is 3.83. The Hall–Kier alpha value is -3.51. The van der Waals surface area contributed by atoms with Crippen LogP contribution in [0.3, 0.4) is 0 Å². The number of nitrogens with one attached hydrogen (secondary N) is 1. The molecule has 1 aliphatic rings. The molecule has 31 heavy (non-hydrogen) atoms. The highest BCUT2D eigenvalue weighted by atomic mass is 32.2. The molecule has 0 spiro atoms. The highest BCUT2D eigenvalue weighted by Gasteiger charge is 2.24. The van der Waals surface area contributed by atoms with E-state index in [2.05, 4.69) is 10.3 Å². The first-order chi connectivity index (χ1) is 15.2. The molecule has 0 saturated carbocycles. The minimum absolute atomic E-state index is 0.165. The van der Waals surface area contributed by atoms with Crippen LogP contribution < -0.4 is 14.8 Å². The summed E-state index contributed by atoms with van der Waals surface area (Å²) in [4.78, 5) is 17.4. The Kier molecular flexibility index (Phi) is 6.69. The Labute approximate surface area is 185 Å². The molecule has 0 unspecified atom stereocenters. The lowest BCUT2D eigenvalue weighted by atomic mass is 10.2. The summed E-state index contributed by atoms with van der Waals surface area (Å²) in [6, 6.07) is 25.2. The van der Waals surface area contributed by atoms with Crippen molar-refractivity contribution < 1.29 is 14.3 Å². The number of carbonyl (C=O) groups is 1. The predicted octanol–water partition coefficient (Wildman–Crippen LogP) is 5.56. The second-order valence-electron chi connectivity index (χ2n) is 6.73. The molecule has 6 heteroatoms. The van der Waals surface area contributed by atoms with Gasteiger partial charge in [0.05, 0.1) is 17.2 Å². The number of hydrogen-bond acceptors (Lipinski definition) is 5. The molecule has 3 aromatic rings. The zero-order chi connectivity index (χ0) is 21.5. The highest BCUT2D eigenvalue weighted by Crippen LogP contribution is 2.33. The Bertz CT molecular complexity index is 1110. The highest BCUT2D eigenvalue weighted by molar-refractivity contribution is 8.18. The summed E-state index contributed by atoms with van der Waals surface area (Å²) in [7, 11) is 0. The maximum Gasteiger partial charge on any atom is 0.264 e. The monoisotopic (exact) mass is 430 g/mol. The van der Waals surface area contributed by atoms with Gasteiger partial charge in [0, 0.05) is 0 Å². The van der Waals surface area contributed by atoms with E-state index in [1.807, 2.05) is 91.9 Å². The van der Waals surface area contributed by atoms with Crippen molar-refractivity contribution in [2.24, 2.45) is 4.99 Å². The average Bonchev–Trinajstić information content (AvgIpc) is 3.13. The van der Waals surface area contributed by atoms with Gasteiger partial charge in [-0.15, -0.1) is 0 Å². The van der Waals surface area contributed by atoms with E-state index in [0.717, 1.165) is 16.8 Å². The average molecular weight is 431 g/mol. The smallest absolute Gasteiger partial charge is 0.264 e. The number of rotatable bonds is 7. The van der Waals surface area contributed by atoms with Crippen molar-refractivity contribution in [2.75, 3.05) is 6.61 Å². The minimum atomic E-state index is -0.165. The quantitative estimate of drug-likeness (QED) is 0.499. The van der Waals surface area contributed by atoms with Crippen LogP contribution in [-0.2, 0) is 11.4 Å². The van der Waals surface area contributed by atoms with Gasteiger partial charge in [-0.05, 0) is 60.2 Å². The molecule has 0 atom stereocenters. The molecular weight excluding hydrogens is 408 g/mol. The largest absolute Gasteiger partial charge is 0.490 e. The van der Waals surface area contributed by atoms with E-state index in [1.54, 1.807) is 0 Å². The number of benzene rings is 3. The third-order valence-corrected chi connectivity index (χ3v) is 5.35. The number of thioether (sulfide) groups is 1. The molecule has 1 aliphatic heterocycles. The van der Waals surface area contributed by atoms with Gasteiger partial charge in [-0.3, -0.25) is 4.79 Å². The van der Waals surface area contributed by atoms with Crippen molar-refractivity contribution in [3.63, 3.8) is 0 Å². The third kappa shape index (κ3) is 5.55. The van der Waals surface area contributed by atoms with Crippen LogP contribution in [0.15, 0.2) is 88.8 Å². The fraction of sp³-hybridized carbons (Fsp3) is 0.120. The van der Waals surface area contributed by atoms with E-state index in [4.69, 9.17) is 9.47 Å². The van der Waals surface area contributed by atoms with Gasteiger partial charge >= 0.3 is 0 Å². The van der Waals surface area contributed by atoms with Gasteiger partial charge in [0.25, 0.3) is 5.91 Å². The van der Waals surface area contributed by atoms with Crippen LogP contribution >= 0.6 is 11.8 Å². The summed E-state index contributed by atoms with van der Waals surface area (Å²) in [5, 5.41) is 3.38. The number of amidine groups is 1. The first-order valence-corrected chi connectivity index (χ1v) is 10.8. The molecule has 5 nitrogen and oxygen atoms in total. The van der Waals surface area contributed by atoms with Gasteiger partial charge < -0.3 is 14.8 Å². The Morgan fingerprint density at radius 3 is 2.42 bits per heavy atom. The normalized spacial score (nSPS) is 15.8. The molecule has 1 heterocycles. The first kappa shape index (κ1) is 20.8. The van der Waals surface area contributed by atoms with Crippen molar-refractivity contribution in [3.8, 4) is 11.5 Å². The van der Waals surface area contributed by atoms with Crippen LogP contribution in [0.2, 0.25) is 0 Å². The van der Waals surface area contributed by atoms with Gasteiger partial charge in [-0.2, -0.15) is 0 Å². The van der Waals surface area contributed by atoms with Crippen LogP contribution in [-0.4, -0.2) is 17.7 Å². The summed E-state index contributed by atoms with van der Waals surface area (Å²) in [5.74, 6) is 1.15. The van der Waals surface area contributed by atoms with Crippen LogP contribution in [0.1, 0.15) is 18.1 Å². The van der Waals surface area contributed by atoms with Crippen LogP contribution in [0, 0.1) is 0 Å².